The number of nitrogens with one attached hydrogen (secondary N) is 1. The molecule has 3 rings (SSSR count). The van der Waals surface area contributed by atoms with Crippen molar-refractivity contribution in [3.05, 3.63) is 46.8 Å². The van der Waals surface area contributed by atoms with E-state index in [1.165, 1.54) is 0 Å². The SMILES string of the molecule is CCc1nn(-c2ccccc2C)c(CC)c1C(=O)NC[C@@H]1CCCO1. The molecule has 1 atom stereocenters. The molecular weight excluding hydrogens is 314 g/mol. The Kier molecular flexibility index (Phi) is 5.53. The summed E-state index contributed by atoms with van der Waals surface area (Å²) in [4.78, 5) is 12.9. The van der Waals surface area contributed by atoms with Gasteiger partial charge < -0.3 is 10.1 Å². The van der Waals surface area contributed by atoms with Crippen molar-refractivity contribution in [3.8, 4) is 5.69 Å². The van der Waals surface area contributed by atoms with Gasteiger partial charge in [-0.1, -0.05) is 32.0 Å². The second-order valence-electron chi connectivity index (χ2n) is 6.52. The Hall–Kier alpha value is -2.14. The van der Waals surface area contributed by atoms with Crippen LogP contribution in [-0.2, 0) is 17.6 Å². The Morgan fingerprint density at radius 3 is 2.76 bits per heavy atom. The van der Waals surface area contributed by atoms with E-state index in [4.69, 9.17) is 9.84 Å². The number of hydrogen-bond acceptors (Lipinski definition) is 3. The molecule has 1 aromatic carbocycles. The molecular formula is C20H27N3O2. The molecule has 0 saturated carbocycles. The van der Waals surface area contributed by atoms with Gasteiger partial charge in [0.15, 0.2) is 0 Å². The summed E-state index contributed by atoms with van der Waals surface area (Å²) in [5.41, 5.74) is 4.73. The predicted octanol–water partition coefficient (Wildman–Crippen LogP) is 3.21. The molecule has 1 aliphatic heterocycles. The van der Waals surface area contributed by atoms with E-state index in [9.17, 15) is 4.79 Å². The van der Waals surface area contributed by atoms with Crippen molar-refractivity contribution in [2.24, 2.45) is 0 Å². The number of ether oxygens (including phenoxy) is 1. The smallest absolute Gasteiger partial charge is 0.255 e. The van der Waals surface area contributed by atoms with Crippen LogP contribution in [0.4, 0.5) is 0 Å². The van der Waals surface area contributed by atoms with Gasteiger partial charge in [-0.2, -0.15) is 5.10 Å². The number of para-hydroxylation sites is 1. The Bertz CT molecular complexity index is 745. The van der Waals surface area contributed by atoms with Gasteiger partial charge in [0.25, 0.3) is 5.91 Å². The lowest BCUT2D eigenvalue weighted by Crippen LogP contribution is -2.32. The summed E-state index contributed by atoms with van der Waals surface area (Å²) < 4.78 is 7.55. The maximum atomic E-state index is 12.9. The first-order chi connectivity index (χ1) is 12.2. The summed E-state index contributed by atoms with van der Waals surface area (Å²) in [6.45, 7) is 7.55. The van der Waals surface area contributed by atoms with Crippen LogP contribution in [0.3, 0.4) is 0 Å². The number of amides is 1. The summed E-state index contributed by atoms with van der Waals surface area (Å²) in [6.07, 6.45) is 3.72. The molecule has 134 valence electrons. The van der Waals surface area contributed by atoms with Gasteiger partial charge in [-0.3, -0.25) is 4.79 Å². The summed E-state index contributed by atoms with van der Waals surface area (Å²) in [5.74, 6) is -0.0379. The molecule has 0 spiro atoms. The largest absolute Gasteiger partial charge is 0.376 e. The van der Waals surface area contributed by atoms with Crippen molar-refractivity contribution in [3.63, 3.8) is 0 Å². The highest BCUT2D eigenvalue weighted by Crippen LogP contribution is 2.22. The molecule has 1 fully saturated rings. The molecule has 5 nitrogen and oxygen atoms in total. The van der Waals surface area contributed by atoms with Gasteiger partial charge in [-0.15, -0.1) is 0 Å². The van der Waals surface area contributed by atoms with Gasteiger partial charge in [0.05, 0.1) is 28.7 Å². The lowest BCUT2D eigenvalue weighted by molar-refractivity contribution is 0.0856. The molecule has 0 radical (unpaired) electrons. The fourth-order valence-corrected chi connectivity index (χ4v) is 3.44. The second-order valence-corrected chi connectivity index (χ2v) is 6.52. The van der Waals surface area contributed by atoms with E-state index >= 15 is 0 Å². The average Bonchev–Trinajstić information content (AvgIpc) is 3.27. The molecule has 1 N–H and O–H groups in total. The van der Waals surface area contributed by atoms with Crippen molar-refractivity contribution < 1.29 is 9.53 Å². The van der Waals surface area contributed by atoms with Crippen molar-refractivity contribution in [1.29, 1.82) is 0 Å². The Labute approximate surface area is 149 Å². The fraction of sp³-hybridized carbons (Fsp3) is 0.500. The first-order valence-electron chi connectivity index (χ1n) is 9.22. The van der Waals surface area contributed by atoms with Crippen LogP contribution >= 0.6 is 0 Å². The lowest BCUT2D eigenvalue weighted by Gasteiger charge is -2.12. The quantitative estimate of drug-likeness (QED) is 0.878. The van der Waals surface area contributed by atoms with Gasteiger partial charge >= 0.3 is 0 Å². The van der Waals surface area contributed by atoms with Crippen LogP contribution in [0.2, 0.25) is 0 Å². The highest BCUT2D eigenvalue weighted by molar-refractivity contribution is 5.96. The number of carbonyl (C=O) groups excluding carboxylic acids is 1. The van der Waals surface area contributed by atoms with E-state index in [0.717, 1.165) is 60.5 Å². The molecule has 0 unspecified atom stereocenters. The first-order valence-corrected chi connectivity index (χ1v) is 9.22. The van der Waals surface area contributed by atoms with E-state index < -0.39 is 0 Å². The minimum absolute atomic E-state index is 0.0379. The molecule has 1 amide bonds. The van der Waals surface area contributed by atoms with Crippen LogP contribution in [-0.4, -0.2) is 34.9 Å². The number of rotatable bonds is 6. The molecule has 5 heteroatoms. The highest BCUT2D eigenvalue weighted by atomic mass is 16.5. The number of aryl methyl sites for hydroxylation is 2. The third-order valence-electron chi connectivity index (χ3n) is 4.81. The van der Waals surface area contributed by atoms with Gasteiger partial charge in [-0.05, 0) is 44.2 Å². The lowest BCUT2D eigenvalue weighted by atomic mass is 10.1. The van der Waals surface area contributed by atoms with Crippen molar-refractivity contribution in [1.82, 2.24) is 15.1 Å². The maximum Gasteiger partial charge on any atom is 0.255 e. The summed E-state index contributed by atoms with van der Waals surface area (Å²) in [6, 6.07) is 8.14. The standard InChI is InChI=1S/C20H27N3O2/c1-4-16-19(20(24)21-13-15-10-8-12-25-15)17(5-2)23(22-16)18-11-7-6-9-14(18)3/h6-7,9,11,15H,4-5,8,10,12-13H2,1-3H3,(H,21,24)/t15-/m0/s1. The number of carbonyl (C=O) groups is 1. The number of aromatic nitrogens is 2. The molecule has 1 saturated heterocycles. The van der Waals surface area contributed by atoms with Gasteiger partial charge in [0.2, 0.25) is 0 Å². The minimum atomic E-state index is -0.0379. The summed E-state index contributed by atoms with van der Waals surface area (Å²) in [5, 5.41) is 7.81. The van der Waals surface area contributed by atoms with E-state index in [-0.39, 0.29) is 12.0 Å². The van der Waals surface area contributed by atoms with Crippen molar-refractivity contribution in [2.75, 3.05) is 13.2 Å². The van der Waals surface area contributed by atoms with E-state index in [1.807, 2.05) is 23.7 Å². The molecule has 2 heterocycles. The van der Waals surface area contributed by atoms with Crippen LogP contribution in [0.15, 0.2) is 24.3 Å². The van der Waals surface area contributed by atoms with E-state index in [0.29, 0.717) is 6.54 Å². The third-order valence-corrected chi connectivity index (χ3v) is 4.81. The predicted molar refractivity (Wildman–Crippen MR) is 98.4 cm³/mol. The van der Waals surface area contributed by atoms with Crippen molar-refractivity contribution >= 4 is 5.91 Å². The Morgan fingerprint density at radius 2 is 2.12 bits per heavy atom. The topological polar surface area (TPSA) is 56.2 Å². The fourth-order valence-electron chi connectivity index (χ4n) is 3.44. The summed E-state index contributed by atoms with van der Waals surface area (Å²) in [7, 11) is 0. The van der Waals surface area contributed by atoms with Gasteiger partial charge in [0.1, 0.15) is 0 Å². The Morgan fingerprint density at radius 1 is 1.32 bits per heavy atom. The Balaban J connectivity index is 1.92. The van der Waals surface area contributed by atoms with E-state index in [1.54, 1.807) is 0 Å². The molecule has 25 heavy (non-hydrogen) atoms. The van der Waals surface area contributed by atoms with Crippen LogP contribution in [0.1, 0.15) is 54.0 Å². The zero-order valence-corrected chi connectivity index (χ0v) is 15.3. The maximum absolute atomic E-state index is 12.9. The van der Waals surface area contributed by atoms with E-state index in [2.05, 4.69) is 31.3 Å². The molecule has 0 bridgehead atoms. The normalized spacial score (nSPS) is 17.0. The minimum Gasteiger partial charge on any atom is -0.376 e. The number of benzene rings is 1. The van der Waals surface area contributed by atoms with Crippen LogP contribution in [0.25, 0.3) is 5.69 Å². The van der Waals surface area contributed by atoms with Crippen LogP contribution < -0.4 is 5.32 Å². The summed E-state index contributed by atoms with van der Waals surface area (Å²) >= 11 is 0. The van der Waals surface area contributed by atoms with Crippen LogP contribution in [0, 0.1) is 6.92 Å². The van der Waals surface area contributed by atoms with Gasteiger partial charge in [0, 0.05) is 13.2 Å². The van der Waals surface area contributed by atoms with Gasteiger partial charge in [-0.25, -0.2) is 4.68 Å². The molecule has 1 aromatic heterocycles. The third kappa shape index (κ3) is 3.61. The van der Waals surface area contributed by atoms with Crippen LogP contribution in [0.5, 0.6) is 0 Å². The number of nitrogens with zero attached hydrogens (tertiary/aromatic N) is 2. The molecule has 0 aliphatic carbocycles. The zero-order valence-electron chi connectivity index (χ0n) is 15.3. The highest BCUT2D eigenvalue weighted by Gasteiger charge is 2.24. The zero-order chi connectivity index (χ0) is 17.8. The molecule has 2 aromatic rings. The monoisotopic (exact) mass is 341 g/mol. The molecule has 1 aliphatic rings. The van der Waals surface area contributed by atoms with Crippen molar-refractivity contribution in [2.45, 2.75) is 52.6 Å². The second kappa shape index (κ2) is 7.83. The first kappa shape index (κ1) is 17.7. The number of hydrogen-bond donors (Lipinski definition) is 1. The average molecular weight is 341 g/mol.